The molecule has 0 nitrogen and oxygen atoms in total. The maximum absolute atomic E-state index is 6.79. The van der Waals surface area contributed by atoms with Gasteiger partial charge < -0.3 is 0 Å². The Balaban J connectivity index is 2.99. The van der Waals surface area contributed by atoms with Crippen molar-refractivity contribution in [2.75, 3.05) is 0 Å². The van der Waals surface area contributed by atoms with Gasteiger partial charge in [-0.25, -0.2) is 0 Å². The largest absolute Gasteiger partial charge is 0.0860 e. The average Bonchev–Trinajstić information content (AvgIpc) is 1.89. The summed E-state index contributed by atoms with van der Waals surface area (Å²) in [6, 6.07) is 0. The maximum atomic E-state index is 6.79. The van der Waals surface area contributed by atoms with Gasteiger partial charge in [-0.1, -0.05) is 39.0 Å². The Labute approximate surface area is 58.7 Å². The van der Waals surface area contributed by atoms with Crippen molar-refractivity contribution in [1.82, 2.24) is 0 Å². The molecule has 1 radical (unpaired) electrons. The van der Waals surface area contributed by atoms with Gasteiger partial charge in [-0.3, -0.25) is 0 Å². The highest BCUT2D eigenvalue weighted by Gasteiger charge is 1.94. The second-order valence-electron chi connectivity index (χ2n) is 2.54. The second kappa shape index (κ2) is 5.69. The van der Waals surface area contributed by atoms with Crippen LogP contribution in [0.1, 0.15) is 39.5 Å². The Morgan fingerprint density at radius 3 is 2.56 bits per heavy atom. The monoisotopic (exact) mass is 123 g/mol. The molecule has 0 fully saturated rings. The number of unbranched alkanes of at least 4 members (excludes halogenated alkanes) is 2. The lowest BCUT2D eigenvalue weighted by Gasteiger charge is -2.00. The van der Waals surface area contributed by atoms with Crippen LogP contribution in [0.2, 0.25) is 0 Å². The van der Waals surface area contributed by atoms with E-state index in [0.717, 1.165) is 6.42 Å². The van der Waals surface area contributed by atoms with Gasteiger partial charge in [-0.05, 0) is 12.8 Å². The van der Waals surface area contributed by atoms with Crippen LogP contribution in [0, 0.1) is 18.3 Å². The first-order chi connectivity index (χ1) is 4.31. The Morgan fingerprint density at radius 2 is 2.11 bits per heavy atom. The zero-order chi connectivity index (χ0) is 7.11. The summed E-state index contributed by atoms with van der Waals surface area (Å²) in [6.45, 7) is 4.24. The highest BCUT2D eigenvalue weighted by Crippen LogP contribution is 2.06. The molecule has 51 valence electrons. The molecule has 0 heterocycles. The molecule has 0 rings (SSSR count). The van der Waals surface area contributed by atoms with Gasteiger partial charge in [0.1, 0.15) is 0 Å². The standard InChI is InChI=1S/C9H15/c1-4-6-7-8-9(3)5-2/h9H,4,6-8H2,1,3H3. The van der Waals surface area contributed by atoms with Crippen LogP contribution in [-0.2, 0) is 0 Å². The summed E-state index contributed by atoms with van der Waals surface area (Å²) < 4.78 is 0. The molecule has 0 aromatic carbocycles. The first-order valence-corrected chi connectivity index (χ1v) is 3.73. The lowest BCUT2D eigenvalue weighted by atomic mass is 10.0. The molecule has 1 unspecified atom stereocenters. The molecule has 0 N–H and O–H groups in total. The van der Waals surface area contributed by atoms with Crippen LogP contribution >= 0.6 is 0 Å². The highest BCUT2D eigenvalue weighted by atomic mass is 14.0. The minimum atomic E-state index is 0.372. The summed E-state index contributed by atoms with van der Waals surface area (Å²) in [7, 11) is 0. The molecule has 0 saturated heterocycles. The first kappa shape index (κ1) is 8.56. The summed E-state index contributed by atoms with van der Waals surface area (Å²) >= 11 is 0. The topological polar surface area (TPSA) is 0 Å². The fourth-order valence-corrected chi connectivity index (χ4v) is 0.773. The number of hydrogen-bond donors (Lipinski definition) is 0. The van der Waals surface area contributed by atoms with E-state index in [2.05, 4.69) is 12.8 Å². The van der Waals surface area contributed by atoms with E-state index in [1.54, 1.807) is 0 Å². The molecule has 0 aliphatic heterocycles. The molecule has 0 spiro atoms. The van der Waals surface area contributed by atoms with E-state index in [0.29, 0.717) is 5.92 Å². The van der Waals surface area contributed by atoms with Crippen LogP contribution in [0.15, 0.2) is 0 Å². The third-order valence-corrected chi connectivity index (χ3v) is 1.49. The normalized spacial score (nSPS) is 12.6. The van der Waals surface area contributed by atoms with Gasteiger partial charge in [-0.15, -0.1) is 0 Å². The van der Waals surface area contributed by atoms with Crippen molar-refractivity contribution in [2.24, 2.45) is 5.92 Å². The van der Waals surface area contributed by atoms with E-state index in [1.807, 2.05) is 6.92 Å². The molecule has 0 amide bonds. The highest BCUT2D eigenvalue weighted by molar-refractivity contribution is 4.82. The third kappa shape index (κ3) is 5.43. The molecule has 0 aliphatic rings. The van der Waals surface area contributed by atoms with Crippen molar-refractivity contribution in [2.45, 2.75) is 39.5 Å². The Morgan fingerprint density at radius 1 is 1.44 bits per heavy atom. The zero-order valence-corrected chi connectivity index (χ0v) is 6.41. The predicted octanol–water partition coefficient (Wildman–Crippen LogP) is 2.79. The fourth-order valence-electron chi connectivity index (χ4n) is 0.773. The van der Waals surface area contributed by atoms with Gasteiger partial charge in [0.05, 0.1) is 0 Å². The smallest absolute Gasteiger partial charge is 0.0184 e. The first-order valence-electron chi connectivity index (χ1n) is 3.73. The van der Waals surface area contributed by atoms with E-state index in [-0.39, 0.29) is 0 Å². The summed E-state index contributed by atoms with van der Waals surface area (Å²) in [5.41, 5.74) is 0. The molecule has 0 heteroatoms. The minimum Gasteiger partial charge on any atom is -0.0860 e. The van der Waals surface area contributed by atoms with Crippen molar-refractivity contribution in [1.29, 1.82) is 0 Å². The lowest BCUT2D eigenvalue weighted by Crippen LogP contribution is -1.88. The van der Waals surface area contributed by atoms with Crippen LogP contribution in [0.25, 0.3) is 0 Å². The van der Waals surface area contributed by atoms with E-state index in [1.165, 1.54) is 19.3 Å². The van der Waals surface area contributed by atoms with Crippen LogP contribution in [0.5, 0.6) is 0 Å². The zero-order valence-electron chi connectivity index (χ0n) is 6.41. The number of rotatable bonds is 4. The summed E-state index contributed by atoms with van der Waals surface area (Å²) in [5, 5.41) is 0. The molecule has 9 heavy (non-hydrogen) atoms. The Kier molecular flexibility index (Phi) is 5.41. The summed E-state index contributed by atoms with van der Waals surface area (Å²) in [4.78, 5) is 0. The van der Waals surface area contributed by atoms with Crippen molar-refractivity contribution >= 4 is 0 Å². The van der Waals surface area contributed by atoms with Crippen molar-refractivity contribution in [3.63, 3.8) is 0 Å². The molecule has 0 bridgehead atoms. The van der Waals surface area contributed by atoms with Gasteiger partial charge in [0.15, 0.2) is 0 Å². The second-order valence-corrected chi connectivity index (χ2v) is 2.54. The molecule has 0 saturated carbocycles. The quantitative estimate of drug-likeness (QED) is 0.398. The molecule has 0 aliphatic carbocycles. The maximum Gasteiger partial charge on any atom is 0.0184 e. The van der Waals surface area contributed by atoms with E-state index in [4.69, 9.17) is 6.42 Å². The van der Waals surface area contributed by atoms with Crippen molar-refractivity contribution in [3.05, 3.63) is 6.42 Å². The van der Waals surface area contributed by atoms with Gasteiger partial charge in [0.25, 0.3) is 0 Å². The molecule has 0 aromatic rings. The predicted molar refractivity (Wildman–Crippen MR) is 40.4 cm³/mol. The van der Waals surface area contributed by atoms with Crippen molar-refractivity contribution in [3.8, 4) is 5.92 Å². The van der Waals surface area contributed by atoms with Crippen LogP contribution < -0.4 is 0 Å². The third-order valence-electron chi connectivity index (χ3n) is 1.49. The van der Waals surface area contributed by atoms with Crippen LogP contribution in [0.3, 0.4) is 0 Å². The summed E-state index contributed by atoms with van der Waals surface area (Å²) in [5.74, 6) is 2.85. The minimum absolute atomic E-state index is 0.372. The van der Waals surface area contributed by atoms with Crippen LogP contribution in [-0.4, -0.2) is 0 Å². The molecule has 0 aromatic heterocycles. The van der Waals surface area contributed by atoms with E-state index >= 15 is 0 Å². The molecular weight excluding hydrogens is 108 g/mol. The van der Waals surface area contributed by atoms with Gasteiger partial charge in [-0.2, -0.15) is 0 Å². The Bertz CT molecular complexity index is 86.7. The molecule has 1 atom stereocenters. The SMILES string of the molecule is [C]#CC(C)CCCCC. The summed E-state index contributed by atoms with van der Waals surface area (Å²) in [6.07, 6.45) is 11.8. The van der Waals surface area contributed by atoms with Gasteiger partial charge >= 0.3 is 0 Å². The van der Waals surface area contributed by atoms with Crippen LogP contribution in [0.4, 0.5) is 0 Å². The van der Waals surface area contributed by atoms with Crippen molar-refractivity contribution < 1.29 is 0 Å². The van der Waals surface area contributed by atoms with Gasteiger partial charge in [0, 0.05) is 5.92 Å². The Hall–Kier alpha value is -0.440. The van der Waals surface area contributed by atoms with E-state index < -0.39 is 0 Å². The van der Waals surface area contributed by atoms with Gasteiger partial charge in [0.2, 0.25) is 0 Å². The average molecular weight is 123 g/mol. The van der Waals surface area contributed by atoms with E-state index in [9.17, 15) is 0 Å². The lowest BCUT2D eigenvalue weighted by molar-refractivity contribution is 0.588. The fraction of sp³-hybridized carbons (Fsp3) is 0.778. The molecular formula is C9H15. The number of hydrogen-bond acceptors (Lipinski definition) is 0.